The summed E-state index contributed by atoms with van der Waals surface area (Å²) in [5.74, 6) is -1.57. The molecule has 1 aliphatic heterocycles. The molecule has 12 nitrogen and oxygen atoms in total. The van der Waals surface area contributed by atoms with Gasteiger partial charge in [-0.15, -0.1) is 0 Å². The molecule has 2 unspecified atom stereocenters. The number of hydrogen-bond acceptors (Lipinski definition) is 10. The first kappa shape index (κ1) is 28.2. The number of benzene rings is 2. The fourth-order valence-corrected chi connectivity index (χ4v) is 7.34. The third-order valence-corrected chi connectivity index (χ3v) is 9.96. The average molecular weight is 587 g/mol. The molecule has 0 aliphatic carbocycles. The van der Waals surface area contributed by atoms with Crippen LogP contribution in [0.3, 0.4) is 0 Å². The van der Waals surface area contributed by atoms with Crippen LogP contribution in [0.2, 0.25) is 0 Å². The summed E-state index contributed by atoms with van der Waals surface area (Å²) in [5.41, 5.74) is 1.75. The number of aromatic hydroxyl groups is 1. The Bertz CT molecular complexity index is 1150. The van der Waals surface area contributed by atoms with Crippen LogP contribution in [0, 0.1) is 0 Å². The standard InChI is InChI=1S/C22H30AsN3O9S/c1-15(27)24-20-12-18(28)10-11-19(20)23(31,32)35-22(30)5-3-2-4-16-6-8-17(9-7-16)13-26-14-21(29)25-36(26,33)34/h6-12,21,25,28-29,33-34H,2-5,13-14H2,1H3,(H,24,27)(H,31,32). The summed E-state index contributed by atoms with van der Waals surface area (Å²) in [6.07, 6.45) is 0.625. The first-order chi connectivity index (χ1) is 16.9. The minimum atomic E-state index is -5.32. The third kappa shape index (κ3) is 7.82. The first-order valence-electron chi connectivity index (χ1n) is 11.1. The van der Waals surface area contributed by atoms with Crippen LogP contribution in [0.5, 0.6) is 5.75 Å². The van der Waals surface area contributed by atoms with Crippen molar-refractivity contribution < 1.29 is 40.5 Å². The normalized spacial score (nSPS) is 19.9. The molecule has 2 atom stereocenters. The van der Waals surface area contributed by atoms with Gasteiger partial charge in [0.1, 0.15) is 6.23 Å². The predicted octanol–water partition coefficient (Wildman–Crippen LogP) is 1.18. The molecule has 1 heterocycles. The van der Waals surface area contributed by atoms with Crippen LogP contribution in [0.4, 0.5) is 5.69 Å². The van der Waals surface area contributed by atoms with Gasteiger partial charge in [-0.3, -0.25) is 9.11 Å². The van der Waals surface area contributed by atoms with E-state index < -0.39 is 43.2 Å². The quantitative estimate of drug-likeness (QED) is 0.156. The molecule has 0 bridgehead atoms. The van der Waals surface area contributed by atoms with E-state index in [0.717, 1.165) is 23.3 Å². The van der Waals surface area contributed by atoms with Gasteiger partial charge in [0.05, 0.1) is 6.54 Å². The number of phenols is 1. The van der Waals surface area contributed by atoms with Crippen molar-refractivity contribution in [1.82, 2.24) is 9.03 Å². The van der Waals surface area contributed by atoms with Crippen molar-refractivity contribution >= 4 is 47.0 Å². The van der Waals surface area contributed by atoms with Crippen LogP contribution in [0.15, 0.2) is 42.5 Å². The SMILES string of the molecule is CC(=O)Nc1cc(O)ccc1[As](=O)(O)OC(=O)CCCCc1ccc(CN2CC(O)NS2(O)O)cc1. The number of aliphatic hydroxyl groups is 1. The van der Waals surface area contributed by atoms with E-state index in [-0.39, 0.29) is 35.3 Å². The number of phenolic OH excluding ortho intramolecular Hbond substituents is 1. The van der Waals surface area contributed by atoms with Crippen LogP contribution in [-0.4, -0.2) is 66.5 Å². The number of aryl methyl sites for hydroxylation is 1. The van der Waals surface area contributed by atoms with Crippen LogP contribution >= 0.6 is 11.0 Å². The van der Waals surface area contributed by atoms with Gasteiger partial charge in [0.15, 0.2) is 0 Å². The summed E-state index contributed by atoms with van der Waals surface area (Å²) >= 11 is -5.32. The second kappa shape index (κ2) is 11.8. The number of amides is 1. The predicted molar refractivity (Wildman–Crippen MR) is 133 cm³/mol. The molecule has 36 heavy (non-hydrogen) atoms. The number of carbonyl (C=O) groups is 2. The Morgan fingerprint density at radius 1 is 1.17 bits per heavy atom. The van der Waals surface area contributed by atoms with E-state index in [4.69, 9.17) is 3.73 Å². The Balaban J connectivity index is 1.46. The van der Waals surface area contributed by atoms with E-state index in [1.807, 2.05) is 24.3 Å². The molecule has 3 rings (SSSR count). The van der Waals surface area contributed by atoms with Crippen molar-refractivity contribution in [2.45, 2.75) is 45.4 Å². The van der Waals surface area contributed by atoms with Crippen LogP contribution < -0.4 is 14.4 Å². The summed E-state index contributed by atoms with van der Waals surface area (Å²) in [7, 11) is -3.19. The van der Waals surface area contributed by atoms with Crippen LogP contribution in [-0.2, 0) is 30.0 Å². The van der Waals surface area contributed by atoms with Crippen molar-refractivity contribution in [3.05, 3.63) is 53.6 Å². The van der Waals surface area contributed by atoms with E-state index in [1.54, 1.807) is 0 Å². The van der Waals surface area contributed by atoms with Gasteiger partial charge >= 0.3 is 170 Å². The number of anilines is 1. The molecule has 1 saturated heterocycles. The molecule has 0 spiro atoms. The van der Waals surface area contributed by atoms with Crippen molar-refractivity contribution in [2.24, 2.45) is 0 Å². The van der Waals surface area contributed by atoms with Gasteiger partial charge in [-0.25, -0.2) is 0 Å². The van der Waals surface area contributed by atoms with Gasteiger partial charge in [-0.2, -0.15) is 4.72 Å². The van der Waals surface area contributed by atoms with Gasteiger partial charge in [0.25, 0.3) is 0 Å². The molecule has 14 heteroatoms. The number of rotatable bonds is 10. The number of nitrogens with one attached hydrogen (secondary N) is 2. The second-order valence-corrected chi connectivity index (χ2v) is 13.7. The molecule has 198 valence electrons. The number of nitrogens with zero attached hydrogens (tertiary/aromatic N) is 1. The fraction of sp³-hybridized carbons (Fsp3) is 0.364. The summed E-state index contributed by atoms with van der Waals surface area (Å²) in [4.78, 5) is 23.5. The Morgan fingerprint density at radius 3 is 2.44 bits per heavy atom. The van der Waals surface area contributed by atoms with Gasteiger partial charge < -0.3 is 5.11 Å². The Morgan fingerprint density at radius 2 is 1.83 bits per heavy atom. The molecule has 0 saturated carbocycles. The van der Waals surface area contributed by atoms with E-state index in [9.17, 15) is 36.7 Å². The Hall–Kier alpha value is -2.35. The number of hydrogen-bond donors (Lipinski definition) is 7. The summed E-state index contributed by atoms with van der Waals surface area (Å²) in [6.45, 7) is 1.56. The van der Waals surface area contributed by atoms with E-state index in [1.165, 1.54) is 17.3 Å². The molecule has 0 radical (unpaired) electrons. The third-order valence-electron chi connectivity index (χ3n) is 5.33. The zero-order chi connectivity index (χ0) is 26.5. The number of aliphatic hydroxyl groups excluding tert-OH is 1. The zero-order valence-electron chi connectivity index (χ0n) is 19.5. The number of β-amino-alcohol motifs (C(OH)–C–C–N with tert-alkyl or cyclic N) is 1. The molecular weight excluding hydrogens is 557 g/mol. The fourth-order valence-electron chi connectivity index (χ4n) is 3.65. The number of carbonyl (C=O) groups excluding carboxylic acids is 2. The second-order valence-electron chi connectivity index (χ2n) is 8.36. The van der Waals surface area contributed by atoms with Gasteiger partial charge in [0, 0.05) is 0 Å². The van der Waals surface area contributed by atoms with Crippen molar-refractivity contribution in [1.29, 1.82) is 0 Å². The summed E-state index contributed by atoms with van der Waals surface area (Å²) in [5, 5.41) is 21.5. The summed E-state index contributed by atoms with van der Waals surface area (Å²) < 4.78 is 51.2. The Labute approximate surface area is 212 Å². The first-order valence-corrected chi connectivity index (χ1v) is 15.9. The molecule has 0 aromatic heterocycles. The average Bonchev–Trinajstić information content (AvgIpc) is 3.02. The molecular formula is C22H30AsN3O9S. The van der Waals surface area contributed by atoms with Crippen molar-refractivity contribution in [3.8, 4) is 5.75 Å². The van der Waals surface area contributed by atoms with E-state index >= 15 is 0 Å². The van der Waals surface area contributed by atoms with E-state index in [2.05, 4.69) is 10.0 Å². The van der Waals surface area contributed by atoms with Gasteiger partial charge in [0.2, 0.25) is 0 Å². The maximum atomic E-state index is 12.7. The van der Waals surface area contributed by atoms with E-state index in [0.29, 0.717) is 19.3 Å². The minimum absolute atomic E-state index is 0.0698. The van der Waals surface area contributed by atoms with Gasteiger partial charge in [-0.1, -0.05) is 11.0 Å². The molecule has 1 aliphatic rings. The molecule has 1 fully saturated rings. The van der Waals surface area contributed by atoms with Crippen LogP contribution in [0.25, 0.3) is 0 Å². The van der Waals surface area contributed by atoms with Crippen molar-refractivity contribution in [3.63, 3.8) is 0 Å². The maximum absolute atomic E-state index is 12.7. The van der Waals surface area contributed by atoms with Crippen LogP contribution in [0.1, 0.15) is 37.3 Å². The van der Waals surface area contributed by atoms with Gasteiger partial charge in [-0.05, 0) is 0 Å². The monoisotopic (exact) mass is 587 g/mol. The molecule has 1 amide bonds. The Kier molecular flexibility index (Phi) is 9.25. The number of unbranched alkanes of at least 4 members (excludes halogenated alkanes) is 1. The molecule has 7 N–H and O–H groups in total. The molecule has 2 aromatic rings. The molecule has 2 aromatic carbocycles. The topological polar surface area (TPSA) is 189 Å². The summed E-state index contributed by atoms with van der Waals surface area (Å²) in [6, 6.07) is 10.9. The zero-order valence-corrected chi connectivity index (χ0v) is 22.2. The van der Waals surface area contributed by atoms with Crippen molar-refractivity contribution in [2.75, 3.05) is 11.9 Å².